The molecule has 2 fully saturated rings. The van der Waals surface area contributed by atoms with Crippen LogP contribution in [0.15, 0.2) is 47.1 Å². The first kappa shape index (κ1) is 24.7. The Labute approximate surface area is 204 Å². The highest BCUT2D eigenvalue weighted by Gasteiger charge is 2.29. The first-order valence-electron chi connectivity index (χ1n) is 12.1. The molecule has 2 N–H and O–H groups in total. The molecule has 0 radical (unpaired) electrons. The lowest BCUT2D eigenvalue weighted by atomic mass is 10.1. The summed E-state index contributed by atoms with van der Waals surface area (Å²) in [6.07, 6.45) is 3.65. The summed E-state index contributed by atoms with van der Waals surface area (Å²) >= 11 is 0. The van der Waals surface area contributed by atoms with E-state index in [1.165, 1.54) is 6.07 Å². The number of likely N-dealkylation sites (tertiary alicyclic amines) is 1. The second-order valence-electron chi connectivity index (χ2n) is 8.81. The minimum absolute atomic E-state index is 0.146. The quantitative estimate of drug-likeness (QED) is 0.413. The van der Waals surface area contributed by atoms with E-state index in [0.717, 1.165) is 13.0 Å². The van der Waals surface area contributed by atoms with Gasteiger partial charge in [0, 0.05) is 58.8 Å². The molecule has 1 aromatic heterocycles. The van der Waals surface area contributed by atoms with E-state index in [9.17, 15) is 18.8 Å². The van der Waals surface area contributed by atoms with Crippen molar-refractivity contribution in [1.82, 2.24) is 20.4 Å². The number of carbonyl (C=O) groups is 3. The van der Waals surface area contributed by atoms with Crippen molar-refractivity contribution < 1.29 is 23.2 Å². The zero-order valence-corrected chi connectivity index (χ0v) is 19.7. The molecule has 2 aliphatic heterocycles. The number of amides is 3. The van der Waals surface area contributed by atoms with Crippen LogP contribution in [0.3, 0.4) is 0 Å². The number of piperazine rings is 1. The highest BCUT2D eigenvalue weighted by molar-refractivity contribution is 6.35. The monoisotopic (exact) mass is 485 g/mol. The summed E-state index contributed by atoms with van der Waals surface area (Å²) in [5.74, 6) is -0.800. The Morgan fingerprint density at radius 3 is 2.46 bits per heavy atom. The van der Waals surface area contributed by atoms with Crippen LogP contribution in [0.5, 0.6) is 0 Å². The molecule has 35 heavy (non-hydrogen) atoms. The van der Waals surface area contributed by atoms with Gasteiger partial charge in [-0.15, -0.1) is 0 Å². The number of anilines is 1. The van der Waals surface area contributed by atoms with Crippen LogP contribution in [0.2, 0.25) is 0 Å². The van der Waals surface area contributed by atoms with Gasteiger partial charge in [0.05, 0.1) is 18.0 Å². The van der Waals surface area contributed by atoms with E-state index in [1.54, 1.807) is 29.4 Å². The molecule has 4 rings (SSSR count). The summed E-state index contributed by atoms with van der Waals surface area (Å²) in [5, 5.41) is 5.34. The van der Waals surface area contributed by atoms with Gasteiger partial charge < -0.3 is 24.9 Å². The zero-order valence-electron chi connectivity index (χ0n) is 19.7. The number of nitrogens with one attached hydrogen (secondary N) is 2. The average Bonchev–Trinajstić information content (AvgIpc) is 3.55. The minimum atomic E-state index is -0.705. The third-order valence-corrected chi connectivity index (χ3v) is 6.54. The molecular formula is C25H32FN5O4. The van der Waals surface area contributed by atoms with Gasteiger partial charge in [0.15, 0.2) is 0 Å². The van der Waals surface area contributed by atoms with Crippen LogP contribution in [0.25, 0.3) is 0 Å². The third-order valence-electron chi connectivity index (χ3n) is 6.54. The lowest BCUT2D eigenvalue weighted by Gasteiger charge is -2.39. The first-order valence-corrected chi connectivity index (χ1v) is 12.1. The maximum atomic E-state index is 14.2. The number of rotatable bonds is 9. The van der Waals surface area contributed by atoms with Crippen molar-refractivity contribution >= 4 is 23.4 Å². The molecule has 188 valence electrons. The predicted octanol–water partition coefficient (Wildman–Crippen LogP) is 1.53. The van der Waals surface area contributed by atoms with Crippen molar-refractivity contribution in [3.8, 4) is 0 Å². The Balaban J connectivity index is 1.25. The molecular weight excluding hydrogens is 453 g/mol. The molecule has 0 spiro atoms. The molecule has 0 unspecified atom stereocenters. The maximum absolute atomic E-state index is 14.2. The van der Waals surface area contributed by atoms with E-state index in [0.29, 0.717) is 63.6 Å². The summed E-state index contributed by atoms with van der Waals surface area (Å²) < 4.78 is 19.8. The number of para-hydroxylation sites is 1. The number of carbonyl (C=O) groups excluding carboxylic acids is 3. The summed E-state index contributed by atoms with van der Waals surface area (Å²) in [6, 6.07) is 10.1. The number of halogens is 1. The van der Waals surface area contributed by atoms with Crippen LogP contribution < -0.4 is 15.5 Å². The average molecular weight is 486 g/mol. The van der Waals surface area contributed by atoms with E-state index in [4.69, 9.17) is 4.42 Å². The lowest BCUT2D eigenvalue weighted by Crippen LogP contribution is -2.51. The molecule has 3 amide bonds. The van der Waals surface area contributed by atoms with Crippen molar-refractivity contribution in [2.24, 2.45) is 0 Å². The first-order chi connectivity index (χ1) is 17.0. The van der Waals surface area contributed by atoms with Gasteiger partial charge in [-0.1, -0.05) is 12.1 Å². The maximum Gasteiger partial charge on any atom is 0.309 e. The molecule has 2 aliphatic rings. The van der Waals surface area contributed by atoms with Gasteiger partial charge in [0.2, 0.25) is 5.91 Å². The molecule has 1 aromatic carbocycles. The Bertz CT molecular complexity index is 1010. The molecule has 0 bridgehead atoms. The zero-order chi connectivity index (χ0) is 24.6. The fourth-order valence-electron chi connectivity index (χ4n) is 4.64. The Morgan fingerprint density at radius 1 is 1.00 bits per heavy atom. The van der Waals surface area contributed by atoms with E-state index >= 15 is 0 Å². The SMILES string of the molecule is O=C(NCCCN1CCCC1=O)C(=O)NC[C@@H](c1ccco1)N1CCN(c2ccccc2F)CC1. The van der Waals surface area contributed by atoms with Gasteiger partial charge in [-0.25, -0.2) is 4.39 Å². The van der Waals surface area contributed by atoms with Gasteiger partial charge in [0.25, 0.3) is 0 Å². The Kier molecular flexibility index (Phi) is 8.36. The van der Waals surface area contributed by atoms with Crippen molar-refractivity contribution in [2.75, 3.05) is 57.3 Å². The van der Waals surface area contributed by atoms with Crippen LogP contribution in [0, 0.1) is 5.82 Å². The van der Waals surface area contributed by atoms with Gasteiger partial charge >= 0.3 is 11.8 Å². The molecule has 0 aliphatic carbocycles. The third kappa shape index (κ3) is 6.39. The number of furan rings is 1. The van der Waals surface area contributed by atoms with Crippen molar-refractivity contribution in [1.29, 1.82) is 0 Å². The second-order valence-corrected chi connectivity index (χ2v) is 8.81. The number of benzene rings is 1. The molecule has 0 saturated carbocycles. The number of hydrogen-bond acceptors (Lipinski definition) is 6. The van der Waals surface area contributed by atoms with Crippen molar-refractivity contribution in [2.45, 2.75) is 25.3 Å². The topological polar surface area (TPSA) is 98.1 Å². The highest BCUT2D eigenvalue weighted by atomic mass is 19.1. The smallest absolute Gasteiger partial charge is 0.309 e. The van der Waals surface area contributed by atoms with Crippen molar-refractivity contribution in [3.05, 3.63) is 54.2 Å². The van der Waals surface area contributed by atoms with E-state index in [-0.39, 0.29) is 24.3 Å². The van der Waals surface area contributed by atoms with Gasteiger partial charge in [-0.3, -0.25) is 19.3 Å². The van der Waals surface area contributed by atoms with Crippen molar-refractivity contribution in [3.63, 3.8) is 0 Å². The summed E-state index contributed by atoms with van der Waals surface area (Å²) in [7, 11) is 0. The highest BCUT2D eigenvalue weighted by Crippen LogP contribution is 2.25. The van der Waals surface area contributed by atoms with Crippen LogP contribution in [0.1, 0.15) is 31.1 Å². The fraction of sp³-hybridized carbons (Fsp3) is 0.480. The minimum Gasteiger partial charge on any atom is -0.468 e. The summed E-state index contributed by atoms with van der Waals surface area (Å²) in [5.41, 5.74) is 0.584. The van der Waals surface area contributed by atoms with Crippen LogP contribution in [-0.2, 0) is 14.4 Å². The lowest BCUT2D eigenvalue weighted by molar-refractivity contribution is -0.139. The van der Waals surface area contributed by atoms with E-state index in [2.05, 4.69) is 15.5 Å². The summed E-state index contributed by atoms with van der Waals surface area (Å²) in [4.78, 5) is 42.2. The van der Waals surface area contributed by atoms with Gasteiger partial charge in [0.1, 0.15) is 11.6 Å². The predicted molar refractivity (Wildman–Crippen MR) is 128 cm³/mol. The molecule has 2 aromatic rings. The standard InChI is InChI=1S/C25H32FN5O4/c26-19-6-1-2-7-20(19)29-13-15-30(16-14-29)21(22-8-4-17-35-22)18-28-25(34)24(33)27-10-5-12-31-11-3-9-23(31)32/h1-2,4,6-8,17,21H,3,5,9-16,18H2,(H,27,33)(H,28,34)/t21-/m0/s1. The molecule has 1 atom stereocenters. The molecule has 3 heterocycles. The number of hydrogen-bond donors (Lipinski definition) is 2. The Morgan fingerprint density at radius 2 is 1.77 bits per heavy atom. The largest absolute Gasteiger partial charge is 0.468 e. The fourth-order valence-corrected chi connectivity index (χ4v) is 4.64. The van der Waals surface area contributed by atoms with Gasteiger partial charge in [-0.2, -0.15) is 0 Å². The van der Waals surface area contributed by atoms with E-state index < -0.39 is 11.8 Å². The van der Waals surface area contributed by atoms with Crippen LogP contribution in [0.4, 0.5) is 10.1 Å². The van der Waals surface area contributed by atoms with Crippen LogP contribution in [-0.4, -0.2) is 79.9 Å². The molecule has 9 nitrogen and oxygen atoms in total. The second kappa shape index (κ2) is 11.8. The molecule has 10 heteroatoms. The van der Waals surface area contributed by atoms with Crippen LogP contribution >= 0.6 is 0 Å². The molecule has 2 saturated heterocycles. The Hall–Kier alpha value is -3.40. The van der Waals surface area contributed by atoms with E-state index in [1.807, 2.05) is 17.0 Å². The normalized spacial score (nSPS) is 17.5. The van der Waals surface area contributed by atoms with Gasteiger partial charge in [-0.05, 0) is 37.1 Å². The summed E-state index contributed by atoms with van der Waals surface area (Å²) in [6.45, 7) is 4.44. The number of nitrogens with zero attached hydrogens (tertiary/aromatic N) is 3.